The van der Waals surface area contributed by atoms with Crippen LogP contribution < -0.4 is 10.1 Å². The smallest absolute Gasteiger partial charge is 0.336 e. The molecule has 160 valence electrons. The third kappa shape index (κ3) is 3.69. The summed E-state index contributed by atoms with van der Waals surface area (Å²) in [4.78, 5) is 26.1. The molecule has 0 unspecified atom stereocenters. The molecule has 0 radical (unpaired) electrons. The predicted molar refractivity (Wildman–Crippen MR) is 116 cm³/mol. The zero-order chi connectivity index (χ0) is 22.1. The lowest BCUT2D eigenvalue weighted by Gasteiger charge is -2.36. The average Bonchev–Trinajstić information content (AvgIpc) is 2.77. The molecule has 0 saturated carbocycles. The summed E-state index contributed by atoms with van der Waals surface area (Å²) in [7, 11) is 2.95. The number of allylic oxidation sites excluding steroid dienone is 3. The number of esters is 1. The minimum absolute atomic E-state index is 0.0350. The molecule has 0 spiro atoms. The van der Waals surface area contributed by atoms with Crippen LogP contribution in [0.5, 0.6) is 11.5 Å². The molecule has 6 nitrogen and oxygen atoms in total. The van der Waals surface area contributed by atoms with Crippen molar-refractivity contribution in [2.24, 2.45) is 0 Å². The number of ether oxygens (including phenoxy) is 2. The summed E-state index contributed by atoms with van der Waals surface area (Å²) in [5, 5.41) is 13.3. The largest absolute Gasteiger partial charge is 0.508 e. The summed E-state index contributed by atoms with van der Waals surface area (Å²) >= 11 is 0. The van der Waals surface area contributed by atoms with Crippen LogP contribution in [0.1, 0.15) is 42.7 Å². The lowest BCUT2D eigenvalue weighted by atomic mass is 9.71. The highest BCUT2D eigenvalue weighted by molar-refractivity contribution is 6.04. The van der Waals surface area contributed by atoms with Crippen LogP contribution >= 0.6 is 0 Å². The fourth-order valence-corrected chi connectivity index (χ4v) is 4.68. The highest BCUT2D eigenvalue weighted by atomic mass is 16.5. The molecule has 0 saturated heterocycles. The van der Waals surface area contributed by atoms with Gasteiger partial charge in [-0.1, -0.05) is 30.3 Å². The Kier molecular flexibility index (Phi) is 5.55. The molecule has 0 amide bonds. The molecule has 6 heteroatoms. The molecular formula is C25H25NO5. The number of hydrogen-bond acceptors (Lipinski definition) is 6. The van der Waals surface area contributed by atoms with E-state index in [2.05, 4.69) is 5.32 Å². The highest BCUT2D eigenvalue weighted by Crippen LogP contribution is 2.47. The van der Waals surface area contributed by atoms with Crippen LogP contribution in [0, 0.1) is 0 Å². The Bertz CT molecular complexity index is 1110. The summed E-state index contributed by atoms with van der Waals surface area (Å²) < 4.78 is 10.5. The zero-order valence-corrected chi connectivity index (χ0v) is 17.8. The number of phenolic OH excluding ortho intramolecular Hbond substituents is 1. The van der Waals surface area contributed by atoms with Crippen molar-refractivity contribution in [3.63, 3.8) is 0 Å². The van der Waals surface area contributed by atoms with Gasteiger partial charge < -0.3 is 19.9 Å². The summed E-state index contributed by atoms with van der Waals surface area (Å²) in [5.41, 5.74) is 4.05. The number of benzene rings is 2. The number of hydrogen-bond donors (Lipinski definition) is 2. The van der Waals surface area contributed by atoms with Crippen LogP contribution in [0.2, 0.25) is 0 Å². The minimum Gasteiger partial charge on any atom is -0.508 e. The third-order valence-electron chi connectivity index (χ3n) is 6.02. The van der Waals surface area contributed by atoms with Gasteiger partial charge in [0.1, 0.15) is 11.5 Å². The monoisotopic (exact) mass is 419 g/mol. The Balaban J connectivity index is 1.82. The normalized spacial score (nSPS) is 20.8. The Morgan fingerprint density at radius 3 is 2.58 bits per heavy atom. The minimum atomic E-state index is -0.595. The van der Waals surface area contributed by atoms with Gasteiger partial charge in [0.25, 0.3) is 0 Å². The topological polar surface area (TPSA) is 84.9 Å². The van der Waals surface area contributed by atoms with E-state index in [4.69, 9.17) is 9.47 Å². The number of carbonyl (C=O) groups excluding carboxylic acids is 2. The first-order chi connectivity index (χ1) is 14.9. The van der Waals surface area contributed by atoms with Gasteiger partial charge in [0.15, 0.2) is 5.78 Å². The van der Waals surface area contributed by atoms with Gasteiger partial charge in [-0.15, -0.1) is 0 Å². The quantitative estimate of drug-likeness (QED) is 0.731. The van der Waals surface area contributed by atoms with Gasteiger partial charge in [-0.2, -0.15) is 0 Å². The maximum absolute atomic E-state index is 13.5. The van der Waals surface area contributed by atoms with Gasteiger partial charge in [-0.05, 0) is 42.7 Å². The van der Waals surface area contributed by atoms with E-state index in [1.165, 1.54) is 7.11 Å². The van der Waals surface area contributed by atoms with Gasteiger partial charge in [0.05, 0.1) is 19.8 Å². The summed E-state index contributed by atoms with van der Waals surface area (Å²) in [6, 6.07) is 14.4. The van der Waals surface area contributed by atoms with Crippen LogP contribution in [0.15, 0.2) is 71.1 Å². The van der Waals surface area contributed by atoms with E-state index in [0.717, 1.165) is 17.0 Å². The second-order valence-electron chi connectivity index (χ2n) is 7.85. The number of nitrogens with one attached hydrogen (secondary N) is 1. The lowest BCUT2D eigenvalue weighted by Crippen LogP contribution is -2.36. The molecule has 0 bridgehead atoms. The first-order valence-corrected chi connectivity index (χ1v) is 10.2. The van der Waals surface area contributed by atoms with Gasteiger partial charge in [-0.25, -0.2) is 4.79 Å². The lowest BCUT2D eigenvalue weighted by molar-refractivity contribution is -0.136. The molecule has 2 aromatic rings. The van der Waals surface area contributed by atoms with E-state index in [-0.39, 0.29) is 17.5 Å². The Labute approximate surface area is 181 Å². The van der Waals surface area contributed by atoms with Crippen LogP contribution in [0.25, 0.3) is 0 Å². The number of aromatic hydroxyl groups is 1. The van der Waals surface area contributed by atoms with Crippen molar-refractivity contribution < 1.29 is 24.2 Å². The van der Waals surface area contributed by atoms with Gasteiger partial charge >= 0.3 is 5.97 Å². The predicted octanol–water partition coefficient (Wildman–Crippen LogP) is 3.94. The van der Waals surface area contributed by atoms with E-state index in [1.54, 1.807) is 25.3 Å². The van der Waals surface area contributed by atoms with Crippen molar-refractivity contribution in [1.82, 2.24) is 5.32 Å². The zero-order valence-electron chi connectivity index (χ0n) is 17.8. The molecule has 1 heterocycles. The SMILES string of the molecule is COC(=O)C1=C(C)NC2=C(C(=O)C[C@@H](c3ccccc3OC)C2)[C@H]1c1cccc(O)c1. The number of phenols is 1. The Morgan fingerprint density at radius 1 is 1.10 bits per heavy atom. The number of Topliss-reactive ketones (excluding diaryl/α,β-unsaturated/α-hetero) is 1. The number of ketones is 1. The molecule has 2 aromatic carbocycles. The van der Waals surface area contributed by atoms with Crippen molar-refractivity contribution in [3.8, 4) is 11.5 Å². The van der Waals surface area contributed by atoms with E-state index >= 15 is 0 Å². The van der Waals surface area contributed by atoms with E-state index < -0.39 is 11.9 Å². The number of carbonyl (C=O) groups is 2. The average molecular weight is 419 g/mol. The van der Waals surface area contributed by atoms with E-state index in [0.29, 0.717) is 35.2 Å². The van der Waals surface area contributed by atoms with Crippen molar-refractivity contribution in [2.75, 3.05) is 14.2 Å². The third-order valence-corrected chi connectivity index (χ3v) is 6.02. The van der Waals surface area contributed by atoms with Gasteiger partial charge in [0.2, 0.25) is 0 Å². The van der Waals surface area contributed by atoms with Gasteiger partial charge in [-0.3, -0.25) is 4.79 Å². The summed E-state index contributed by atoms with van der Waals surface area (Å²) in [5.74, 6) is -0.326. The van der Waals surface area contributed by atoms with Crippen LogP contribution in [-0.2, 0) is 14.3 Å². The first kappa shape index (κ1) is 20.7. The van der Waals surface area contributed by atoms with Crippen molar-refractivity contribution in [1.29, 1.82) is 0 Å². The molecule has 0 aromatic heterocycles. The van der Waals surface area contributed by atoms with Crippen molar-refractivity contribution in [2.45, 2.75) is 31.6 Å². The fraction of sp³-hybridized carbons (Fsp3) is 0.280. The maximum atomic E-state index is 13.5. The van der Waals surface area contributed by atoms with Crippen molar-refractivity contribution >= 4 is 11.8 Å². The van der Waals surface area contributed by atoms with Crippen molar-refractivity contribution in [3.05, 3.63) is 82.2 Å². The molecule has 2 N–H and O–H groups in total. The Hall–Kier alpha value is -3.54. The molecule has 2 aliphatic rings. The summed E-state index contributed by atoms with van der Waals surface area (Å²) in [6.45, 7) is 1.81. The van der Waals surface area contributed by atoms with E-state index in [9.17, 15) is 14.7 Å². The molecule has 4 rings (SSSR count). The first-order valence-electron chi connectivity index (χ1n) is 10.2. The molecular weight excluding hydrogens is 394 g/mol. The second-order valence-corrected chi connectivity index (χ2v) is 7.85. The molecule has 31 heavy (non-hydrogen) atoms. The molecule has 1 aliphatic carbocycles. The standard InChI is InChI=1S/C25H25NO5/c1-14-22(25(29)31-3)23(15-7-6-8-17(27)11-15)24-19(26-14)12-16(13-20(24)28)18-9-4-5-10-21(18)30-2/h4-11,16,23,26-27H,12-13H2,1-3H3/t16-,23-/m0/s1. The number of methoxy groups -OCH3 is 2. The molecule has 1 aliphatic heterocycles. The second kappa shape index (κ2) is 8.30. The highest BCUT2D eigenvalue weighted by Gasteiger charge is 2.41. The van der Waals surface area contributed by atoms with Gasteiger partial charge in [0, 0.05) is 35.2 Å². The summed E-state index contributed by atoms with van der Waals surface area (Å²) in [6.07, 6.45) is 0.923. The fourth-order valence-electron chi connectivity index (χ4n) is 4.68. The van der Waals surface area contributed by atoms with Crippen LogP contribution in [0.3, 0.4) is 0 Å². The van der Waals surface area contributed by atoms with Crippen LogP contribution in [0.4, 0.5) is 0 Å². The Morgan fingerprint density at radius 2 is 1.87 bits per heavy atom. The van der Waals surface area contributed by atoms with Crippen LogP contribution in [-0.4, -0.2) is 31.1 Å². The number of rotatable bonds is 4. The number of dihydropyridines is 1. The molecule has 2 atom stereocenters. The molecule has 0 fully saturated rings. The van der Waals surface area contributed by atoms with E-state index in [1.807, 2.05) is 37.3 Å². The number of para-hydroxylation sites is 1. The maximum Gasteiger partial charge on any atom is 0.336 e.